The molecule has 0 aromatic rings. The predicted octanol–water partition coefficient (Wildman–Crippen LogP) is 1.98. The maximum Gasteiger partial charge on any atom is 0.334 e. The van der Waals surface area contributed by atoms with Crippen molar-refractivity contribution in [3.63, 3.8) is 0 Å². The topological polar surface area (TPSA) is 93.1 Å². The van der Waals surface area contributed by atoms with Gasteiger partial charge in [0.2, 0.25) is 0 Å². The van der Waals surface area contributed by atoms with Gasteiger partial charge in [-0.25, -0.2) is 9.59 Å². The van der Waals surface area contributed by atoms with Gasteiger partial charge in [0.25, 0.3) is 0 Å². The van der Waals surface area contributed by atoms with E-state index >= 15 is 0 Å². The summed E-state index contributed by atoms with van der Waals surface area (Å²) in [7, 11) is 0. The van der Waals surface area contributed by atoms with Crippen molar-refractivity contribution in [2.24, 2.45) is 5.92 Å². The minimum Gasteiger partial charge on any atom is -0.455 e. The number of aliphatic hydroxyl groups excluding tert-OH is 2. The van der Waals surface area contributed by atoms with Crippen LogP contribution in [0.25, 0.3) is 0 Å². The van der Waals surface area contributed by atoms with Gasteiger partial charge >= 0.3 is 11.9 Å². The van der Waals surface area contributed by atoms with Crippen LogP contribution < -0.4 is 0 Å². The van der Waals surface area contributed by atoms with Crippen LogP contribution in [0.1, 0.15) is 34.1 Å². The minimum absolute atomic E-state index is 0.136. The summed E-state index contributed by atoms with van der Waals surface area (Å²) in [6.07, 6.45) is 1.54. The zero-order chi connectivity index (χ0) is 19.6. The molecule has 0 spiro atoms. The number of esters is 2. The lowest BCUT2D eigenvalue weighted by Gasteiger charge is -2.31. The van der Waals surface area contributed by atoms with E-state index in [0.29, 0.717) is 23.1 Å². The number of carbonyl (C=O) groups is 2. The van der Waals surface area contributed by atoms with Gasteiger partial charge in [0, 0.05) is 11.1 Å². The van der Waals surface area contributed by atoms with Crippen LogP contribution in [0.3, 0.4) is 0 Å². The van der Waals surface area contributed by atoms with E-state index in [1.54, 1.807) is 45.9 Å². The predicted molar refractivity (Wildman–Crippen MR) is 96.0 cm³/mol. The molecule has 2 N–H and O–H groups in total. The van der Waals surface area contributed by atoms with Crippen LogP contribution in [-0.4, -0.2) is 46.6 Å². The highest BCUT2D eigenvalue weighted by molar-refractivity contribution is 5.92. The third kappa shape index (κ3) is 3.97. The third-order valence-corrected chi connectivity index (χ3v) is 5.01. The van der Waals surface area contributed by atoms with E-state index in [0.717, 1.165) is 0 Å². The molecule has 0 radical (unpaired) electrons. The number of ether oxygens (including phenoxy) is 2. The zero-order valence-electron chi connectivity index (χ0n) is 15.6. The van der Waals surface area contributed by atoms with Gasteiger partial charge in [-0.3, -0.25) is 0 Å². The first-order chi connectivity index (χ1) is 12.2. The molecular weight excluding hydrogens is 336 g/mol. The van der Waals surface area contributed by atoms with Crippen molar-refractivity contribution in [2.75, 3.05) is 0 Å². The number of rotatable bonds is 2. The van der Waals surface area contributed by atoms with Crippen LogP contribution in [0.2, 0.25) is 0 Å². The van der Waals surface area contributed by atoms with Crippen LogP contribution in [0.5, 0.6) is 0 Å². The highest BCUT2D eigenvalue weighted by atomic mass is 16.6. The fraction of sp³-hybridized carbons (Fsp3) is 0.500. The maximum atomic E-state index is 12.3. The summed E-state index contributed by atoms with van der Waals surface area (Å²) in [6, 6.07) is 0. The SMILES string of the molecule is C=C1C(=O)O[C@H]2/C=C(/C)[C@H](O)C/C=C(\C)[C@@H](O)[C@H](OC(=O)/C(C)=C\C)[C@@H]12. The van der Waals surface area contributed by atoms with Gasteiger partial charge in [-0.2, -0.15) is 0 Å². The number of allylic oxidation sites excluding steroid dienone is 1. The van der Waals surface area contributed by atoms with E-state index in [9.17, 15) is 19.8 Å². The van der Waals surface area contributed by atoms with Crippen molar-refractivity contribution in [1.29, 1.82) is 0 Å². The van der Waals surface area contributed by atoms with Crippen molar-refractivity contribution in [3.8, 4) is 0 Å². The first-order valence-electron chi connectivity index (χ1n) is 8.62. The summed E-state index contributed by atoms with van der Waals surface area (Å²) in [5.74, 6) is -1.92. The van der Waals surface area contributed by atoms with Crippen molar-refractivity contribution >= 4 is 11.9 Å². The summed E-state index contributed by atoms with van der Waals surface area (Å²) in [6.45, 7) is 10.5. The van der Waals surface area contributed by atoms with E-state index in [-0.39, 0.29) is 5.57 Å². The van der Waals surface area contributed by atoms with Crippen molar-refractivity contribution in [2.45, 2.75) is 58.5 Å². The van der Waals surface area contributed by atoms with E-state index in [1.807, 2.05) is 0 Å². The number of hydrogen-bond acceptors (Lipinski definition) is 6. The number of carbonyl (C=O) groups excluding carboxylic acids is 2. The third-order valence-electron chi connectivity index (χ3n) is 5.01. The molecule has 26 heavy (non-hydrogen) atoms. The highest BCUT2D eigenvalue weighted by Crippen LogP contribution is 2.36. The average molecular weight is 362 g/mol. The normalized spacial score (nSPS) is 37.0. The van der Waals surface area contributed by atoms with Gasteiger partial charge < -0.3 is 19.7 Å². The molecule has 6 nitrogen and oxygen atoms in total. The molecule has 1 aliphatic carbocycles. The molecule has 0 aromatic carbocycles. The van der Waals surface area contributed by atoms with E-state index in [4.69, 9.17) is 9.47 Å². The molecule has 5 atom stereocenters. The van der Waals surface area contributed by atoms with Gasteiger partial charge in [-0.15, -0.1) is 0 Å². The first kappa shape index (κ1) is 20.1. The van der Waals surface area contributed by atoms with Gasteiger partial charge in [-0.1, -0.05) is 18.7 Å². The largest absolute Gasteiger partial charge is 0.455 e. The quantitative estimate of drug-likeness (QED) is 0.443. The van der Waals surface area contributed by atoms with Crippen LogP contribution in [-0.2, 0) is 19.1 Å². The molecule has 1 fully saturated rings. The number of aliphatic hydroxyl groups is 2. The Morgan fingerprint density at radius 3 is 2.62 bits per heavy atom. The van der Waals surface area contributed by atoms with Crippen LogP contribution in [0.4, 0.5) is 0 Å². The summed E-state index contributed by atoms with van der Waals surface area (Å²) in [5, 5.41) is 21.0. The second-order valence-corrected chi connectivity index (χ2v) is 6.82. The molecule has 2 rings (SSSR count). The maximum absolute atomic E-state index is 12.3. The monoisotopic (exact) mass is 362 g/mol. The molecule has 0 unspecified atom stereocenters. The molecule has 0 amide bonds. The summed E-state index contributed by atoms with van der Waals surface area (Å²) in [5.41, 5.74) is 1.71. The summed E-state index contributed by atoms with van der Waals surface area (Å²) >= 11 is 0. The molecule has 0 bridgehead atoms. The Morgan fingerprint density at radius 2 is 2.00 bits per heavy atom. The minimum atomic E-state index is -1.15. The molecule has 1 heterocycles. The lowest BCUT2D eigenvalue weighted by Crippen LogP contribution is -2.42. The molecule has 6 heteroatoms. The molecule has 142 valence electrons. The smallest absolute Gasteiger partial charge is 0.334 e. The lowest BCUT2D eigenvalue weighted by atomic mass is 9.83. The molecule has 2 aliphatic rings. The molecule has 0 saturated carbocycles. The van der Waals surface area contributed by atoms with Crippen molar-refractivity contribution in [1.82, 2.24) is 0 Å². The highest BCUT2D eigenvalue weighted by Gasteiger charge is 2.47. The number of fused-ring (bicyclic) bond motifs is 1. The van der Waals surface area contributed by atoms with E-state index in [2.05, 4.69) is 6.58 Å². The second kappa shape index (κ2) is 8.01. The van der Waals surface area contributed by atoms with Gasteiger partial charge in [-0.05, 0) is 51.3 Å². The molecule has 0 aromatic heterocycles. The van der Waals surface area contributed by atoms with Gasteiger partial charge in [0.1, 0.15) is 18.3 Å². The standard InChI is InChI=1S/C20H26O6/c1-6-10(2)19(23)26-18-16-13(5)20(24)25-15(16)9-12(4)14(21)8-7-11(3)17(18)22/h6-7,9,14-18,21-22H,5,8H2,1-4H3/b10-6-,11-7+,12-9-/t14-,15+,16+,17-,18-/m1/s1. The van der Waals surface area contributed by atoms with Gasteiger partial charge in [0.05, 0.1) is 12.0 Å². The van der Waals surface area contributed by atoms with Crippen molar-refractivity contribution < 1.29 is 29.3 Å². The molecular formula is C20H26O6. The fourth-order valence-electron chi connectivity index (χ4n) is 3.03. The Morgan fingerprint density at radius 1 is 1.35 bits per heavy atom. The van der Waals surface area contributed by atoms with Gasteiger partial charge in [0.15, 0.2) is 0 Å². The Bertz CT molecular complexity index is 699. The van der Waals surface area contributed by atoms with Crippen LogP contribution in [0, 0.1) is 5.92 Å². The summed E-state index contributed by atoms with van der Waals surface area (Å²) < 4.78 is 10.9. The van der Waals surface area contributed by atoms with Crippen molar-refractivity contribution in [3.05, 3.63) is 47.1 Å². The van der Waals surface area contributed by atoms with Crippen LogP contribution in [0.15, 0.2) is 47.1 Å². The Hall–Kier alpha value is -2.18. The Labute approximate surface area is 153 Å². The Balaban J connectivity index is 2.51. The van der Waals surface area contributed by atoms with Crippen LogP contribution >= 0.6 is 0 Å². The lowest BCUT2D eigenvalue weighted by molar-refractivity contribution is -0.153. The first-order valence-corrected chi connectivity index (χ1v) is 8.62. The Kier molecular flexibility index (Phi) is 6.21. The molecule has 1 aliphatic heterocycles. The fourth-order valence-corrected chi connectivity index (χ4v) is 3.03. The number of hydrogen-bond donors (Lipinski definition) is 2. The zero-order valence-corrected chi connectivity index (χ0v) is 15.6. The average Bonchev–Trinajstić information content (AvgIpc) is 2.88. The van der Waals surface area contributed by atoms with E-state index in [1.165, 1.54) is 0 Å². The summed E-state index contributed by atoms with van der Waals surface area (Å²) in [4.78, 5) is 24.4. The second-order valence-electron chi connectivity index (χ2n) is 6.82. The molecule has 1 saturated heterocycles. The van der Waals surface area contributed by atoms with E-state index < -0.39 is 42.3 Å².